The molecule has 0 atom stereocenters. The molecular weight excluding hydrogens is 446 g/mol. The van der Waals surface area contributed by atoms with Crippen LogP contribution in [0.2, 0.25) is 0 Å². The lowest BCUT2D eigenvalue weighted by atomic mass is 9.99. The fraction of sp³-hybridized carbons (Fsp3) is 0. The average molecular weight is 466 g/mol. The highest BCUT2D eigenvalue weighted by molar-refractivity contribution is 7.21. The van der Waals surface area contributed by atoms with E-state index >= 15 is 0 Å². The summed E-state index contributed by atoms with van der Waals surface area (Å²) in [5.41, 5.74) is 10.6. The monoisotopic (exact) mass is 465 g/mol. The number of nitrogens with two attached hydrogens (primary N) is 1. The van der Waals surface area contributed by atoms with Gasteiger partial charge in [0.1, 0.15) is 9.71 Å². The smallest absolute Gasteiger partial charge is 0.337 e. The second-order valence-electron chi connectivity index (χ2n) is 7.62. The van der Waals surface area contributed by atoms with Crippen molar-refractivity contribution in [2.45, 2.75) is 0 Å². The Morgan fingerprint density at radius 2 is 1.47 bits per heavy atom. The summed E-state index contributed by atoms with van der Waals surface area (Å²) < 4.78 is 0. The number of hydrogen-bond donors (Lipinski definition) is 3. The van der Waals surface area contributed by atoms with Gasteiger partial charge in [-0.2, -0.15) is 0 Å². The predicted molar refractivity (Wildman–Crippen MR) is 136 cm³/mol. The van der Waals surface area contributed by atoms with Gasteiger partial charge >= 0.3 is 5.97 Å². The number of benzene rings is 3. The van der Waals surface area contributed by atoms with Crippen LogP contribution in [0, 0.1) is 0 Å². The maximum Gasteiger partial charge on any atom is 0.337 e. The summed E-state index contributed by atoms with van der Waals surface area (Å²) in [6.07, 6.45) is 0. The Hall–Kier alpha value is -4.49. The number of amides is 1. The number of nitrogens with zero attached hydrogens (tertiary/aromatic N) is 1. The highest BCUT2D eigenvalue weighted by atomic mass is 32.1. The van der Waals surface area contributed by atoms with E-state index in [1.165, 1.54) is 17.4 Å². The van der Waals surface area contributed by atoms with Crippen molar-refractivity contribution in [3.63, 3.8) is 0 Å². The van der Waals surface area contributed by atoms with Crippen LogP contribution in [0.3, 0.4) is 0 Å². The number of aromatic nitrogens is 1. The molecule has 0 saturated heterocycles. The van der Waals surface area contributed by atoms with Crippen molar-refractivity contribution in [3.8, 4) is 22.4 Å². The number of aromatic carboxylic acids is 1. The Balaban J connectivity index is 1.66. The molecule has 166 valence electrons. The summed E-state index contributed by atoms with van der Waals surface area (Å²) in [7, 11) is 0. The molecule has 0 aliphatic carbocycles. The lowest BCUT2D eigenvalue weighted by Gasteiger charge is -2.09. The molecule has 0 saturated carbocycles. The van der Waals surface area contributed by atoms with E-state index in [4.69, 9.17) is 10.7 Å². The highest BCUT2D eigenvalue weighted by Gasteiger charge is 2.23. The number of nitrogens with one attached hydrogen (secondary N) is 1. The van der Waals surface area contributed by atoms with Gasteiger partial charge in [0.25, 0.3) is 5.91 Å². The summed E-state index contributed by atoms with van der Waals surface area (Å²) in [5, 5.41) is 12.8. The third kappa shape index (κ3) is 3.89. The number of anilines is 2. The number of carboxylic acid groups (broad SMARTS) is 1. The predicted octanol–water partition coefficient (Wildman–Crippen LogP) is 6.16. The van der Waals surface area contributed by atoms with Gasteiger partial charge in [-0.3, -0.25) is 4.79 Å². The van der Waals surface area contributed by atoms with Crippen molar-refractivity contribution in [3.05, 3.63) is 101 Å². The highest BCUT2D eigenvalue weighted by Crippen LogP contribution is 2.41. The third-order valence-corrected chi connectivity index (χ3v) is 6.56. The molecule has 7 heteroatoms. The number of pyridine rings is 1. The van der Waals surface area contributed by atoms with E-state index in [1.807, 2.05) is 66.7 Å². The first-order valence-electron chi connectivity index (χ1n) is 10.5. The van der Waals surface area contributed by atoms with Crippen molar-refractivity contribution >= 4 is 44.8 Å². The molecule has 0 fully saturated rings. The van der Waals surface area contributed by atoms with Gasteiger partial charge < -0.3 is 16.2 Å². The molecule has 0 spiro atoms. The van der Waals surface area contributed by atoms with Gasteiger partial charge in [0.15, 0.2) is 0 Å². The van der Waals surface area contributed by atoms with Crippen LogP contribution in [-0.4, -0.2) is 22.0 Å². The van der Waals surface area contributed by atoms with Crippen LogP contribution >= 0.6 is 11.3 Å². The standard InChI is InChI=1S/C27H19N3O3S/c28-23-22-19(16-9-3-1-4-10-16)15-21(17-11-5-2-6-12-17)30-26(22)34-24(23)25(31)29-20-14-8-7-13-18(20)27(32)33/h1-15H,28H2,(H,29,31)(H,32,33). The molecule has 3 aromatic carbocycles. The number of thiophene rings is 1. The number of hydrogen-bond acceptors (Lipinski definition) is 5. The Kier molecular flexibility index (Phi) is 5.53. The van der Waals surface area contributed by atoms with Crippen LogP contribution in [0.5, 0.6) is 0 Å². The SMILES string of the molecule is Nc1c(C(=O)Nc2ccccc2C(=O)O)sc2nc(-c3ccccc3)cc(-c3ccccc3)c12. The van der Waals surface area contributed by atoms with Gasteiger partial charge in [0.2, 0.25) is 0 Å². The Bertz CT molecular complexity index is 1530. The fourth-order valence-electron chi connectivity index (χ4n) is 3.85. The van der Waals surface area contributed by atoms with Gasteiger partial charge in [-0.15, -0.1) is 11.3 Å². The lowest BCUT2D eigenvalue weighted by molar-refractivity contribution is 0.0698. The number of carbonyl (C=O) groups excluding carboxylic acids is 1. The zero-order chi connectivity index (χ0) is 23.7. The van der Waals surface area contributed by atoms with Crippen molar-refractivity contribution < 1.29 is 14.7 Å². The van der Waals surface area contributed by atoms with E-state index in [0.717, 1.165) is 22.4 Å². The second-order valence-corrected chi connectivity index (χ2v) is 8.62. The molecule has 5 rings (SSSR count). The quantitative estimate of drug-likeness (QED) is 0.288. The zero-order valence-corrected chi connectivity index (χ0v) is 18.7. The van der Waals surface area contributed by atoms with E-state index in [-0.39, 0.29) is 16.1 Å². The Labute approximate surface area is 199 Å². The molecule has 0 unspecified atom stereocenters. The number of rotatable bonds is 5. The molecular formula is C27H19N3O3S. The first kappa shape index (κ1) is 21.4. The molecule has 0 aliphatic heterocycles. The molecule has 6 nitrogen and oxygen atoms in total. The second kappa shape index (κ2) is 8.80. The van der Waals surface area contributed by atoms with E-state index < -0.39 is 11.9 Å². The van der Waals surface area contributed by atoms with Crippen LogP contribution < -0.4 is 11.1 Å². The molecule has 0 radical (unpaired) electrons. The van der Waals surface area contributed by atoms with E-state index in [1.54, 1.807) is 18.2 Å². The molecule has 0 bridgehead atoms. The normalized spacial score (nSPS) is 10.8. The maximum atomic E-state index is 13.2. The molecule has 4 N–H and O–H groups in total. The van der Waals surface area contributed by atoms with Crippen LogP contribution in [0.1, 0.15) is 20.0 Å². The topological polar surface area (TPSA) is 105 Å². The molecule has 5 aromatic rings. The van der Waals surface area contributed by atoms with Crippen LogP contribution in [0.25, 0.3) is 32.6 Å². The van der Waals surface area contributed by atoms with Gasteiger partial charge in [-0.05, 0) is 29.3 Å². The van der Waals surface area contributed by atoms with Crippen molar-refractivity contribution in [1.29, 1.82) is 0 Å². The summed E-state index contributed by atoms with van der Waals surface area (Å²) in [5.74, 6) is -1.60. The average Bonchev–Trinajstić information content (AvgIpc) is 3.21. The molecule has 34 heavy (non-hydrogen) atoms. The summed E-state index contributed by atoms with van der Waals surface area (Å²) in [6.45, 7) is 0. The minimum atomic E-state index is -1.12. The number of para-hydroxylation sites is 1. The molecule has 2 heterocycles. The number of carboxylic acids is 1. The molecule has 2 aromatic heterocycles. The van der Waals surface area contributed by atoms with Crippen LogP contribution in [-0.2, 0) is 0 Å². The largest absolute Gasteiger partial charge is 0.478 e. The van der Waals surface area contributed by atoms with Crippen LogP contribution in [0.15, 0.2) is 91.0 Å². The maximum absolute atomic E-state index is 13.2. The van der Waals surface area contributed by atoms with Crippen molar-refractivity contribution in [2.24, 2.45) is 0 Å². The van der Waals surface area contributed by atoms with Gasteiger partial charge in [0, 0.05) is 10.9 Å². The molecule has 0 aliphatic rings. The molecule has 1 amide bonds. The van der Waals surface area contributed by atoms with E-state index in [9.17, 15) is 14.7 Å². The fourth-order valence-corrected chi connectivity index (χ4v) is 4.86. The first-order valence-corrected chi connectivity index (χ1v) is 11.3. The van der Waals surface area contributed by atoms with Gasteiger partial charge in [0.05, 0.1) is 22.6 Å². The van der Waals surface area contributed by atoms with E-state index in [2.05, 4.69) is 5.32 Å². The van der Waals surface area contributed by atoms with Gasteiger partial charge in [-0.1, -0.05) is 72.8 Å². The van der Waals surface area contributed by atoms with Crippen LogP contribution in [0.4, 0.5) is 11.4 Å². The van der Waals surface area contributed by atoms with Crippen molar-refractivity contribution in [1.82, 2.24) is 4.98 Å². The number of nitrogen functional groups attached to an aromatic ring is 1. The first-order chi connectivity index (χ1) is 16.5. The summed E-state index contributed by atoms with van der Waals surface area (Å²) in [6, 6.07) is 27.9. The third-order valence-electron chi connectivity index (χ3n) is 5.47. The van der Waals surface area contributed by atoms with Gasteiger partial charge in [-0.25, -0.2) is 9.78 Å². The zero-order valence-electron chi connectivity index (χ0n) is 17.9. The summed E-state index contributed by atoms with van der Waals surface area (Å²) in [4.78, 5) is 30.4. The minimum absolute atomic E-state index is 0.00463. The lowest BCUT2D eigenvalue weighted by Crippen LogP contribution is -2.14. The number of carbonyl (C=O) groups is 2. The van der Waals surface area contributed by atoms with E-state index in [0.29, 0.717) is 15.9 Å². The Morgan fingerprint density at radius 1 is 0.853 bits per heavy atom. The Morgan fingerprint density at radius 3 is 2.15 bits per heavy atom. The van der Waals surface area contributed by atoms with Crippen molar-refractivity contribution in [2.75, 3.05) is 11.1 Å². The minimum Gasteiger partial charge on any atom is -0.478 e. The number of fused-ring (bicyclic) bond motifs is 1. The summed E-state index contributed by atoms with van der Waals surface area (Å²) >= 11 is 1.19.